The number of piperazine rings is 1. The molecule has 1 aromatic carbocycles. The minimum Gasteiger partial charge on any atom is -0.367 e. The van der Waals surface area contributed by atoms with E-state index < -0.39 is 5.82 Å². The molecule has 3 rings (SSSR count). The molecule has 2 heterocycles. The van der Waals surface area contributed by atoms with Gasteiger partial charge in [-0.25, -0.2) is 9.37 Å². The zero-order chi connectivity index (χ0) is 16.9. The van der Waals surface area contributed by atoms with Crippen LogP contribution in [0.2, 0.25) is 0 Å². The molecule has 1 aliphatic heterocycles. The Balaban J connectivity index is 1.63. The van der Waals surface area contributed by atoms with Gasteiger partial charge in [-0.1, -0.05) is 6.07 Å². The SMILES string of the molecule is N#Cc1c(F)cccc1N1CCN(C(=O)/C=C\c2cscn2)CC1. The highest BCUT2D eigenvalue weighted by Crippen LogP contribution is 2.23. The minimum atomic E-state index is -0.514. The van der Waals surface area contributed by atoms with Crippen molar-refractivity contribution in [2.24, 2.45) is 0 Å². The van der Waals surface area contributed by atoms with Crippen LogP contribution >= 0.6 is 11.3 Å². The summed E-state index contributed by atoms with van der Waals surface area (Å²) in [6.45, 7) is 2.19. The molecular formula is C17H15FN4OS. The molecule has 0 aliphatic carbocycles. The van der Waals surface area contributed by atoms with Gasteiger partial charge in [-0.2, -0.15) is 5.26 Å². The number of nitrogens with zero attached hydrogens (tertiary/aromatic N) is 4. The fraction of sp³-hybridized carbons (Fsp3) is 0.235. The lowest BCUT2D eigenvalue weighted by atomic mass is 10.1. The maximum atomic E-state index is 13.7. The van der Waals surface area contributed by atoms with Gasteiger partial charge in [0.1, 0.15) is 17.4 Å². The molecule has 0 radical (unpaired) electrons. The quantitative estimate of drug-likeness (QED) is 0.804. The highest BCUT2D eigenvalue weighted by molar-refractivity contribution is 7.07. The minimum absolute atomic E-state index is 0.0562. The third kappa shape index (κ3) is 3.44. The van der Waals surface area contributed by atoms with Gasteiger partial charge in [0.15, 0.2) is 0 Å². The second-order valence-corrected chi connectivity index (χ2v) is 6.02. The molecule has 0 bridgehead atoms. The summed E-state index contributed by atoms with van der Waals surface area (Å²) in [4.78, 5) is 20.0. The Morgan fingerprint density at radius 2 is 2.12 bits per heavy atom. The number of benzene rings is 1. The fourth-order valence-electron chi connectivity index (χ4n) is 2.62. The first-order valence-electron chi connectivity index (χ1n) is 7.48. The van der Waals surface area contributed by atoms with E-state index in [0.717, 1.165) is 5.69 Å². The van der Waals surface area contributed by atoms with Crippen LogP contribution in [0.1, 0.15) is 11.3 Å². The summed E-state index contributed by atoms with van der Waals surface area (Å²) < 4.78 is 13.7. The van der Waals surface area contributed by atoms with Crippen LogP contribution in [0.5, 0.6) is 0 Å². The molecule has 1 amide bonds. The summed E-state index contributed by atoms with van der Waals surface area (Å²) >= 11 is 1.48. The molecule has 122 valence electrons. The molecule has 0 atom stereocenters. The Hall–Kier alpha value is -2.72. The largest absolute Gasteiger partial charge is 0.367 e. The van der Waals surface area contributed by atoms with E-state index in [1.807, 2.05) is 16.3 Å². The van der Waals surface area contributed by atoms with E-state index in [9.17, 15) is 9.18 Å². The third-order valence-corrected chi connectivity index (χ3v) is 4.49. The maximum absolute atomic E-state index is 13.7. The number of amides is 1. The number of thiazole rings is 1. The van der Waals surface area contributed by atoms with Gasteiger partial charge in [0.2, 0.25) is 5.91 Å². The fourth-order valence-corrected chi connectivity index (χ4v) is 3.14. The van der Waals surface area contributed by atoms with E-state index in [0.29, 0.717) is 31.9 Å². The Bertz CT molecular complexity index is 789. The number of aromatic nitrogens is 1. The van der Waals surface area contributed by atoms with Gasteiger partial charge in [0.05, 0.1) is 16.9 Å². The number of halogens is 1. The normalized spacial score (nSPS) is 14.8. The number of rotatable bonds is 3. The van der Waals surface area contributed by atoms with Crippen LogP contribution in [0.4, 0.5) is 10.1 Å². The molecule has 0 N–H and O–H groups in total. The maximum Gasteiger partial charge on any atom is 0.246 e. The van der Waals surface area contributed by atoms with Crippen LogP contribution in [0, 0.1) is 17.1 Å². The van der Waals surface area contributed by atoms with Crippen LogP contribution < -0.4 is 4.90 Å². The molecule has 2 aromatic rings. The van der Waals surface area contributed by atoms with E-state index >= 15 is 0 Å². The van der Waals surface area contributed by atoms with Crippen LogP contribution in [0.3, 0.4) is 0 Å². The van der Waals surface area contributed by atoms with Crippen molar-refractivity contribution in [2.75, 3.05) is 31.1 Å². The highest BCUT2D eigenvalue weighted by atomic mass is 32.1. The topological polar surface area (TPSA) is 60.2 Å². The lowest BCUT2D eigenvalue weighted by molar-refractivity contribution is -0.126. The Labute approximate surface area is 143 Å². The van der Waals surface area contributed by atoms with Gasteiger partial charge in [0, 0.05) is 37.6 Å². The van der Waals surface area contributed by atoms with Crippen molar-refractivity contribution in [1.82, 2.24) is 9.88 Å². The van der Waals surface area contributed by atoms with Crippen LogP contribution in [0.15, 0.2) is 35.2 Å². The lowest BCUT2D eigenvalue weighted by Gasteiger charge is -2.36. The monoisotopic (exact) mass is 342 g/mol. The number of carbonyl (C=O) groups is 1. The summed E-state index contributed by atoms with van der Waals surface area (Å²) in [6.07, 6.45) is 3.22. The molecule has 0 unspecified atom stereocenters. The number of carbonyl (C=O) groups excluding carboxylic acids is 1. The summed E-state index contributed by atoms with van der Waals surface area (Å²) in [5, 5.41) is 11.0. The van der Waals surface area contributed by atoms with Gasteiger partial charge in [-0.15, -0.1) is 11.3 Å². The second kappa shape index (κ2) is 7.23. The van der Waals surface area contributed by atoms with E-state index in [4.69, 9.17) is 5.26 Å². The third-order valence-electron chi connectivity index (χ3n) is 3.88. The van der Waals surface area contributed by atoms with Gasteiger partial charge in [-0.05, 0) is 18.2 Å². The van der Waals surface area contributed by atoms with Crippen molar-refractivity contribution in [3.63, 3.8) is 0 Å². The van der Waals surface area contributed by atoms with Crippen LogP contribution in [-0.2, 0) is 4.79 Å². The molecule has 0 spiro atoms. The molecule has 1 fully saturated rings. The van der Waals surface area contributed by atoms with Crippen LogP contribution in [0.25, 0.3) is 6.08 Å². The first-order valence-corrected chi connectivity index (χ1v) is 8.42. The first kappa shape index (κ1) is 16.1. The average Bonchev–Trinajstić information content (AvgIpc) is 3.13. The Morgan fingerprint density at radius 3 is 2.79 bits per heavy atom. The second-order valence-electron chi connectivity index (χ2n) is 5.30. The summed E-state index contributed by atoms with van der Waals surface area (Å²) in [6, 6.07) is 6.53. The summed E-state index contributed by atoms with van der Waals surface area (Å²) in [5.41, 5.74) is 3.13. The van der Waals surface area contributed by atoms with Gasteiger partial charge in [0.25, 0.3) is 0 Å². The number of nitriles is 1. The van der Waals surface area contributed by atoms with Crippen molar-refractivity contribution in [1.29, 1.82) is 5.26 Å². The molecule has 24 heavy (non-hydrogen) atoms. The van der Waals surface area contributed by atoms with Crippen molar-refractivity contribution in [3.8, 4) is 6.07 Å². The van der Waals surface area contributed by atoms with Gasteiger partial charge < -0.3 is 9.80 Å². The standard InChI is InChI=1S/C17H15FN4OS/c18-15-2-1-3-16(14(15)10-19)21-6-8-22(9-7-21)17(23)5-4-13-11-24-12-20-13/h1-5,11-12H,6-9H2/b5-4-. The molecule has 1 aromatic heterocycles. The predicted octanol–water partition coefficient (Wildman–Crippen LogP) is 2.52. The number of hydrogen-bond acceptors (Lipinski definition) is 5. The first-order chi connectivity index (χ1) is 11.7. The van der Waals surface area contributed by atoms with Gasteiger partial charge >= 0.3 is 0 Å². The van der Waals surface area contributed by atoms with Crippen molar-refractivity contribution in [2.45, 2.75) is 0 Å². The smallest absolute Gasteiger partial charge is 0.246 e. The number of hydrogen-bond donors (Lipinski definition) is 0. The molecule has 1 aliphatic rings. The zero-order valence-electron chi connectivity index (χ0n) is 12.9. The van der Waals surface area contributed by atoms with Crippen molar-refractivity contribution in [3.05, 3.63) is 52.2 Å². The van der Waals surface area contributed by atoms with Crippen molar-refractivity contribution >= 4 is 29.0 Å². The zero-order valence-corrected chi connectivity index (χ0v) is 13.7. The van der Waals surface area contributed by atoms with E-state index in [-0.39, 0.29) is 11.5 Å². The summed E-state index contributed by atoms with van der Waals surface area (Å²) in [5.74, 6) is -0.581. The molecule has 7 heteroatoms. The molecular weight excluding hydrogens is 327 g/mol. The number of anilines is 1. The predicted molar refractivity (Wildman–Crippen MR) is 91.1 cm³/mol. The molecule has 0 saturated carbocycles. The van der Waals surface area contributed by atoms with E-state index in [1.165, 1.54) is 23.5 Å². The van der Waals surface area contributed by atoms with Crippen molar-refractivity contribution < 1.29 is 9.18 Å². The van der Waals surface area contributed by atoms with Gasteiger partial charge in [-0.3, -0.25) is 4.79 Å². The average molecular weight is 342 g/mol. The molecule has 5 nitrogen and oxygen atoms in total. The van der Waals surface area contributed by atoms with E-state index in [2.05, 4.69) is 4.98 Å². The van der Waals surface area contributed by atoms with E-state index in [1.54, 1.807) is 28.6 Å². The Kier molecular flexibility index (Phi) is 4.87. The summed E-state index contributed by atoms with van der Waals surface area (Å²) in [7, 11) is 0. The van der Waals surface area contributed by atoms with Crippen LogP contribution in [-0.4, -0.2) is 42.0 Å². The lowest BCUT2D eigenvalue weighted by Crippen LogP contribution is -2.48. The highest BCUT2D eigenvalue weighted by Gasteiger charge is 2.22. The molecule has 1 saturated heterocycles. The Morgan fingerprint density at radius 1 is 1.33 bits per heavy atom.